The Morgan fingerprint density at radius 2 is 1.95 bits per heavy atom. The molecule has 0 spiro atoms. The van der Waals surface area contributed by atoms with E-state index in [-0.39, 0.29) is 5.82 Å². The van der Waals surface area contributed by atoms with Crippen molar-refractivity contribution in [2.45, 2.75) is 51.7 Å². The zero-order valence-corrected chi connectivity index (χ0v) is 13.1. The predicted molar refractivity (Wildman–Crippen MR) is 82.1 cm³/mol. The fourth-order valence-corrected chi connectivity index (χ4v) is 3.34. The molecule has 2 nitrogen and oxygen atoms in total. The molecule has 2 rings (SSSR count). The molecule has 2 unspecified atom stereocenters. The summed E-state index contributed by atoms with van der Waals surface area (Å²) in [5.74, 6) is -0.164. The molecule has 0 heterocycles. The monoisotopic (exact) mass is 278 g/mol. The maximum absolute atomic E-state index is 13.0. The Labute approximate surface area is 122 Å². The van der Waals surface area contributed by atoms with Crippen LogP contribution in [0.1, 0.15) is 38.7 Å². The minimum absolute atomic E-state index is 0.164. The number of halogens is 1. The number of rotatable bonds is 4. The van der Waals surface area contributed by atoms with Gasteiger partial charge in [-0.15, -0.1) is 0 Å². The summed E-state index contributed by atoms with van der Waals surface area (Å²) in [6.07, 6.45) is 3.71. The van der Waals surface area contributed by atoms with Gasteiger partial charge in [0, 0.05) is 18.6 Å². The zero-order chi connectivity index (χ0) is 14.8. The van der Waals surface area contributed by atoms with Gasteiger partial charge in [-0.1, -0.05) is 26.0 Å². The molecule has 1 aromatic rings. The van der Waals surface area contributed by atoms with Crippen LogP contribution in [-0.4, -0.2) is 31.1 Å². The van der Waals surface area contributed by atoms with Crippen LogP contribution in [0.15, 0.2) is 24.3 Å². The smallest absolute Gasteiger partial charge is 0.123 e. The lowest BCUT2D eigenvalue weighted by Crippen LogP contribution is -2.52. The van der Waals surface area contributed by atoms with E-state index in [9.17, 15) is 4.39 Å². The summed E-state index contributed by atoms with van der Waals surface area (Å²) in [4.78, 5) is 2.41. The lowest BCUT2D eigenvalue weighted by molar-refractivity contribution is 0.0804. The summed E-state index contributed by atoms with van der Waals surface area (Å²) in [6, 6.07) is 7.94. The Morgan fingerprint density at radius 1 is 1.30 bits per heavy atom. The third kappa shape index (κ3) is 3.80. The van der Waals surface area contributed by atoms with Gasteiger partial charge in [-0.05, 0) is 56.5 Å². The van der Waals surface area contributed by atoms with Crippen LogP contribution in [0.25, 0.3) is 0 Å². The van der Waals surface area contributed by atoms with Crippen molar-refractivity contribution in [3.8, 4) is 0 Å². The van der Waals surface area contributed by atoms with Crippen LogP contribution < -0.4 is 5.32 Å². The van der Waals surface area contributed by atoms with Crippen LogP contribution in [-0.2, 0) is 6.54 Å². The Hall–Kier alpha value is -0.930. The van der Waals surface area contributed by atoms with Gasteiger partial charge in [0.05, 0.1) is 0 Å². The first-order valence-corrected chi connectivity index (χ1v) is 7.53. The van der Waals surface area contributed by atoms with Gasteiger partial charge < -0.3 is 5.32 Å². The zero-order valence-electron chi connectivity index (χ0n) is 13.1. The molecule has 1 aliphatic rings. The summed E-state index contributed by atoms with van der Waals surface area (Å²) in [7, 11) is 4.24. The van der Waals surface area contributed by atoms with Gasteiger partial charge in [0.25, 0.3) is 0 Å². The van der Waals surface area contributed by atoms with Crippen molar-refractivity contribution in [1.29, 1.82) is 0 Å². The van der Waals surface area contributed by atoms with Gasteiger partial charge in [-0.2, -0.15) is 0 Å². The maximum Gasteiger partial charge on any atom is 0.123 e. The maximum atomic E-state index is 13.0. The first-order valence-electron chi connectivity index (χ1n) is 7.53. The van der Waals surface area contributed by atoms with E-state index in [0.717, 1.165) is 6.54 Å². The quantitative estimate of drug-likeness (QED) is 0.908. The molecular weight excluding hydrogens is 251 g/mol. The Balaban J connectivity index is 2.05. The molecule has 1 fully saturated rings. The molecule has 0 amide bonds. The van der Waals surface area contributed by atoms with Crippen molar-refractivity contribution in [3.63, 3.8) is 0 Å². The second-order valence-electron chi connectivity index (χ2n) is 6.91. The SMILES string of the molecule is CNC1CCC(C)(C)CC1N(C)Cc1ccc(F)cc1. The minimum atomic E-state index is -0.164. The van der Waals surface area contributed by atoms with E-state index >= 15 is 0 Å². The van der Waals surface area contributed by atoms with Gasteiger partial charge in [0.15, 0.2) is 0 Å². The summed E-state index contributed by atoms with van der Waals surface area (Å²) < 4.78 is 13.0. The Morgan fingerprint density at radius 3 is 2.55 bits per heavy atom. The number of benzene rings is 1. The first-order chi connectivity index (χ1) is 9.41. The lowest BCUT2D eigenvalue weighted by Gasteiger charge is -2.44. The topological polar surface area (TPSA) is 15.3 Å². The third-order valence-electron chi connectivity index (χ3n) is 4.64. The molecule has 0 radical (unpaired) electrons. The van der Waals surface area contributed by atoms with E-state index in [4.69, 9.17) is 0 Å². The highest BCUT2D eigenvalue weighted by molar-refractivity contribution is 5.16. The van der Waals surface area contributed by atoms with E-state index < -0.39 is 0 Å². The highest BCUT2D eigenvalue weighted by Gasteiger charge is 2.36. The van der Waals surface area contributed by atoms with E-state index in [1.54, 1.807) is 12.1 Å². The van der Waals surface area contributed by atoms with Crippen molar-refractivity contribution >= 4 is 0 Å². The second-order valence-corrected chi connectivity index (χ2v) is 6.91. The molecular formula is C17H27FN2. The van der Waals surface area contributed by atoms with Crippen LogP contribution in [0.4, 0.5) is 4.39 Å². The predicted octanol–water partition coefficient (Wildman–Crippen LogP) is 3.42. The normalized spacial score (nSPS) is 25.9. The van der Waals surface area contributed by atoms with Crippen molar-refractivity contribution in [3.05, 3.63) is 35.6 Å². The van der Waals surface area contributed by atoms with Crippen molar-refractivity contribution in [2.24, 2.45) is 5.41 Å². The molecule has 1 N–H and O–H groups in total. The average Bonchev–Trinajstić information content (AvgIpc) is 2.40. The summed E-state index contributed by atoms with van der Waals surface area (Å²) in [5.41, 5.74) is 1.59. The van der Waals surface area contributed by atoms with Gasteiger partial charge in [0.2, 0.25) is 0 Å². The van der Waals surface area contributed by atoms with Crippen molar-refractivity contribution in [2.75, 3.05) is 14.1 Å². The van der Waals surface area contributed by atoms with E-state index in [0.29, 0.717) is 17.5 Å². The Kier molecular flexibility index (Phi) is 4.82. The highest BCUT2D eigenvalue weighted by atomic mass is 19.1. The largest absolute Gasteiger partial charge is 0.315 e. The second kappa shape index (κ2) is 6.23. The molecule has 0 saturated heterocycles. The van der Waals surface area contributed by atoms with Gasteiger partial charge in [0.1, 0.15) is 5.82 Å². The molecule has 112 valence electrons. The Bertz CT molecular complexity index is 427. The molecule has 2 atom stereocenters. The number of nitrogens with zero attached hydrogens (tertiary/aromatic N) is 1. The van der Waals surface area contributed by atoms with Crippen molar-refractivity contribution < 1.29 is 4.39 Å². The van der Waals surface area contributed by atoms with E-state index in [2.05, 4.69) is 38.2 Å². The lowest BCUT2D eigenvalue weighted by atomic mass is 9.72. The standard InChI is InChI=1S/C17H27FN2/c1-17(2)10-9-15(19-3)16(11-17)20(4)12-13-5-7-14(18)8-6-13/h5-8,15-16,19H,9-12H2,1-4H3. The average molecular weight is 278 g/mol. The van der Waals surface area contributed by atoms with Crippen LogP contribution in [0.3, 0.4) is 0 Å². The van der Waals surface area contributed by atoms with E-state index in [1.807, 2.05) is 12.1 Å². The molecule has 0 aromatic heterocycles. The molecule has 20 heavy (non-hydrogen) atoms. The third-order valence-corrected chi connectivity index (χ3v) is 4.64. The summed E-state index contributed by atoms with van der Waals surface area (Å²) >= 11 is 0. The fourth-order valence-electron chi connectivity index (χ4n) is 3.34. The molecule has 1 aromatic carbocycles. The number of hydrogen-bond donors (Lipinski definition) is 1. The van der Waals surface area contributed by atoms with Crippen LogP contribution in [0, 0.1) is 11.2 Å². The summed E-state index contributed by atoms with van der Waals surface area (Å²) in [5, 5.41) is 3.47. The highest BCUT2D eigenvalue weighted by Crippen LogP contribution is 2.37. The number of hydrogen-bond acceptors (Lipinski definition) is 2. The van der Waals surface area contributed by atoms with Gasteiger partial charge in [-0.25, -0.2) is 4.39 Å². The number of nitrogens with one attached hydrogen (secondary N) is 1. The fraction of sp³-hybridized carbons (Fsp3) is 0.647. The van der Waals surface area contributed by atoms with Crippen LogP contribution in [0.5, 0.6) is 0 Å². The molecule has 1 aliphatic carbocycles. The van der Waals surface area contributed by atoms with Gasteiger partial charge in [-0.3, -0.25) is 4.90 Å². The number of likely N-dealkylation sites (N-methyl/N-ethyl adjacent to an activating group) is 2. The molecule has 0 bridgehead atoms. The van der Waals surface area contributed by atoms with Crippen LogP contribution >= 0.6 is 0 Å². The first kappa shape index (κ1) is 15.5. The van der Waals surface area contributed by atoms with Crippen LogP contribution in [0.2, 0.25) is 0 Å². The minimum Gasteiger partial charge on any atom is -0.315 e. The summed E-state index contributed by atoms with van der Waals surface area (Å²) in [6.45, 7) is 5.59. The molecule has 1 saturated carbocycles. The molecule has 0 aliphatic heterocycles. The molecule has 3 heteroatoms. The van der Waals surface area contributed by atoms with Gasteiger partial charge >= 0.3 is 0 Å². The van der Waals surface area contributed by atoms with Crippen molar-refractivity contribution in [1.82, 2.24) is 10.2 Å². The van der Waals surface area contributed by atoms with E-state index in [1.165, 1.54) is 24.8 Å².